The van der Waals surface area contributed by atoms with Gasteiger partial charge in [0.2, 0.25) is 0 Å². The monoisotopic (exact) mass is 304 g/mol. The van der Waals surface area contributed by atoms with E-state index >= 15 is 0 Å². The average Bonchev–Trinajstić information content (AvgIpc) is 3.02. The molecule has 0 bridgehead atoms. The number of rotatable bonds is 1. The summed E-state index contributed by atoms with van der Waals surface area (Å²) in [6.07, 6.45) is 1.31. The van der Waals surface area contributed by atoms with E-state index in [1.807, 2.05) is 36.4 Å². The molecule has 4 heteroatoms. The third-order valence-electron chi connectivity index (χ3n) is 4.27. The van der Waals surface area contributed by atoms with Crippen LogP contribution in [0.15, 0.2) is 54.6 Å². The Kier molecular flexibility index (Phi) is 3.23. The summed E-state index contributed by atoms with van der Waals surface area (Å²) in [5.74, 6) is 0. The van der Waals surface area contributed by atoms with E-state index in [1.54, 1.807) is 0 Å². The van der Waals surface area contributed by atoms with Crippen LogP contribution in [0.1, 0.15) is 11.3 Å². The average molecular weight is 304 g/mol. The molecule has 0 radical (unpaired) electrons. The van der Waals surface area contributed by atoms with Crippen molar-refractivity contribution in [2.45, 2.75) is 12.8 Å². The first-order valence-corrected chi connectivity index (χ1v) is 7.63. The number of hydrogen-bond acceptors (Lipinski definition) is 3. The van der Waals surface area contributed by atoms with Crippen molar-refractivity contribution in [2.75, 3.05) is 7.11 Å². The topological polar surface area (TPSA) is 44.1 Å². The number of ether oxygens (including phenoxy) is 1. The van der Waals surface area contributed by atoms with E-state index in [-0.39, 0.29) is 0 Å². The third-order valence-corrected chi connectivity index (χ3v) is 4.27. The van der Waals surface area contributed by atoms with Crippen molar-refractivity contribution < 1.29 is 9.53 Å². The minimum absolute atomic E-state index is 0.462. The molecule has 0 atom stereocenters. The van der Waals surface area contributed by atoms with E-state index in [4.69, 9.17) is 4.74 Å². The van der Waals surface area contributed by atoms with Crippen LogP contribution in [-0.4, -0.2) is 23.0 Å². The first-order chi connectivity index (χ1) is 11.3. The zero-order chi connectivity index (χ0) is 15.8. The number of fused-ring (bicyclic) bond motifs is 3. The van der Waals surface area contributed by atoms with Crippen LogP contribution in [0, 0.1) is 0 Å². The molecule has 4 nitrogen and oxygen atoms in total. The first-order valence-electron chi connectivity index (χ1n) is 7.63. The summed E-state index contributed by atoms with van der Waals surface area (Å²) >= 11 is 0. The second kappa shape index (κ2) is 5.39. The van der Waals surface area contributed by atoms with Gasteiger partial charge in [0.1, 0.15) is 0 Å². The second-order valence-corrected chi connectivity index (χ2v) is 5.58. The molecule has 0 saturated carbocycles. The molecule has 3 aromatic rings. The molecule has 1 heterocycles. The van der Waals surface area contributed by atoms with Gasteiger partial charge in [0, 0.05) is 11.1 Å². The lowest BCUT2D eigenvalue weighted by Gasteiger charge is -2.16. The zero-order valence-electron chi connectivity index (χ0n) is 12.8. The van der Waals surface area contributed by atoms with Gasteiger partial charge in [-0.15, -0.1) is 0 Å². The predicted molar refractivity (Wildman–Crippen MR) is 88.3 cm³/mol. The van der Waals surface area contributed by atoms with Crippen molar-refractivity contribution in [2.24, 2.45) is 0 Å². The summed E-state index contributed by atoms with van der Waals surface area (Å²) in [5.41, 5.74) is 6.21. The highest BCUT2D eigenvalue weighted by Crippen LogP contribution is 2.40. The van der Waals surface area contributed by atoms with Gasteiger partial charge in [-0.05, 0) is 24.0 Å². The van der Waals surface area contributed by atoms with E-state index in [9.17, 15) is 4.79 Å². The number of benzene rings is 2. The maximum Gasteiger partial charge on any atom is 0.435 e. The molecule has 1 aliphatic rings. The van der Waals surface area contributed by atoms with Crippen LogP contribution < -0.4 is 0 Å². The molecule has 2 aromatic carbocycles. The van der Waals surface area contributed by atoms with E-state index in [0.717, 1.165) is 40.9 Å². The molecular formula is C19H16N2O2. The van der Waals surface area contributed by atoms with Crippen LogP contribution in [0.25, 0.3) is 22.4 Å². The summed E-state index contributed by atoms with van der Waals surface area (Å²) in [6, 6.07) is 18.2. The highest BCUT2D eigenvalue weighted by molar-refractivity contribution is 5.90. The van der Waals surface area contributed by atoms with E-state index in [0.29, 0.717) is 0 Å². The Morgan fingerprint density at radius 2 is 1.78 bits per heavy atom. The van der Waals surface area contributed by atoms with Crippen molar-refractivity contribution in [1.82, 2.24) is 9.78 Å². The molecule has 0 saturated heterocycles. The molecule has 0 N–H and O–H groups in total. The molecule has 4 rings (SSSR count). The van der Waals surface area contributed by atoms with Gasteiger partial charge in [-0.1, -0.05) is 54.6 Å². The van der Waals surface area contributed by atoms with Crippen LogP contribution in [-0.2, 0) is 17.6 Å². The molecule has 0 fully saturated rings. The normalized spacial score (nSPS) is 12.4. The molecule has 0 aliphatic heterocycles. The molecule has 23 heavy (non-hydrogen) atoms. The van der Waals surface area contributed by atoms with Gasteiger partial charge in [0.05, 0.1) is 18.5 Å². The Hall–Kier alpha value is -2.88. The second-order valence-electron chi connectivity index (χ2n) is 5.58. The first kappa shape index (κ1) is 13.8. The Morgan fingerprint density at radius 3 is 2.57 bits per heavy atom. The molecule has 0 spiro atoms. The highest BCUT2D eigenvalue weighted by Gasteiger charge is 2.28. The van der Waals surface area contributed by atoms with Crippen molar-refractivity contribution in [3.05, 3.63) is 65.9 Å². The van der Waals surface area contributed by atoms with E-state index < -0.39 is 6.09 Å². The lowest BCUT2D eigenvalue weighted by atomic mass is 9.87. The minimum atomic E-state index is -0.462. The smallest absolute Gasteiger partial charge is 0.435 e. The fraction of sp³-hybridized carbons (Fsp3) is 0.158. The van der Waals surface area contributed by atoms with Crippen molar-refractivity contribution in [3.8, 4) is 22.4 Å². The summed E-state index contributed by atoms with van der Waals surface area (Å²) in [5, 5.41) is 4.54. The summed E-state index contributed by atoms with van der Waals surface area (Å²) in [6.45, 7) is 0. The van der Waals surface area contributed by atoms with Crippen LogP contribution in [0.5, 0.6) is 0 Å². The Bertz CT molecular complexity index is 882. The van der Waals surface area contributed by atoms with Crippen LogP contribution in [0.3, 0.4) is 0 Å². The molecule has 1 aromatic heterocycles. The van der Waals surface area contributed by atoms with Gasteiger partial charge in [-0.2, -0.15) is 9.78 Å². The summed E-state index contributed by atoms with van der Waals surface area (Å²) in [4.78, 5) is 12.2. The summed E-state index contributed by atoms with van der Waals surface area (Å²) in [7, 11) is 1.38. The zero-order valence-corrected chi connectivity index (χ0v) is 12.8. The Labute approximate surface area is 134 Å². The van der Waals surface area contributed by atoms with Crippen LogP contribution >= 0.6 is 0 Å². The highest BCUT2D eigenvalue weighted by atomic mass is 16.5. The minimum Gasteiger partial charge on any atom is -0.451 e. The number of aryl methyl sites for hydroxylation is 2. The van der Waals surface area contributed by atoms with Crippen molar-refractivity contribution in [3.63, 3.8) is 0 Å². The quantitative estimate of drug-likeness (QED) is 0.684. The number of aromatic nitrogens is 2. The van der Waals surface area contributed by atoms with Crippen LogP contribution in [0.4, 0.5) is 4.79 Å². The number of carbonyl (C=O) groups excluding carboxylic acids is 1. The molecule has 0 amide bonds. The fourth-order valence-corrected chi connectivity index (χ4v) is 3.24. The Balaban J connectivity index is 2.04. The Morgan fingerprint density at radius 1 is 1.04 bits per heavy atom. The lowest BCUT2D eigenvalue weighted by Crippen LogP contribution is -2.14. The van der Waals surface area contributed by atoms with Gasteiger partial charge in [-0.25, -0.2) is 4.79 Å². The van der Waals surface area contributed by atoms with Gasteiger partial charge < -0.3 is 4.74 Å². The molecule has 0 unspecified atom stereocenters. The van der Waals surface area contributed by atoms with Crippen LogP contribution in [0.2, 0.25) is 0 Å². The molecular weight excluding hydrogens is 288 g/mol. The number of hydrogen-bond donors (Lipinski definition) is 0. The lowest BCUT2D eigenvalue weighted by molar-refractivity contribution is 0.169. The van der Waals surface area contributed by atoms with Gasteiger partial charge in [0.15, 0.2) is 0 Å². The van der Waals surface area contributed by atoms with E-state index in [1.165, 1.54) is 17.4 Å². The predicted octanol–water partition coefficient (Wildman–Crippen LogP) is 3.93. The SMILES string of the molecule is COC(=O)n1nc2c(c1-c1ccccc1)-c1ccccc1CC2. The fourth-order valence-electron chi connectivity index (χ4n) is 3.24. The maximum atomic E-state index is 12.2. The molecule has 114 valence electrons. The largest absolute Gasteiger partial charge is 0.451 e. The molecule has 1 aliphatic carbocycles. The van der Waals surface area contributed by atoms with Crippen molar-refractivity contribution in [1.29, 1.82) is 0 Å². The van der Waals surface area contributed by atoms with Gasteiger partial charge in [0.25, 0.3) is 0 Å². The maximum absolute atomic E-state index is 12.2. The number of nitrogens with zero attached hydrogens (tertiary/aromatic N) is 2. The van der Waals surface area contributed by atoms with Gasteiger partial charge >= 0.3 is 6.09 Å². The number of methoxy groups -OCH3 is 1. The van der Waals surface area contributed by atoms with Gasteiger partial charge in [-0.3, -0.25) is 0 Å². The standard InChI is InChI=1S/C19H16N2O2/c1-23-19(22)21-18(14-8-3-2-4-9-14)17-15-10-6-5-7-13(15)11-12-16(17)20-21/h2-10H,11-12H2,1H3. The third kappa shape index (κ3) is 2.14. The van der Waals surface area contributed by atoms with E-state index in [2.05, 4.69) is 23.3 Å². The van der Waals surface area contributed by atoms with Crippen molar-refractivity contribution >= 4 is 6.09 Å². The number of carbonyl (C=O) groups is 1. The summed E-state index contributed by atoms with van der Waals surface area (Å²) < 4.78 is 6.32.